The molecule has 0 fully saturated rings. The number of allylic oxidation sites excluding steroid dienone is 2. The Morgan fingerprint density at radius 1 is 0.528 bits per heavy atom. The van der Waals surface area contributed by atoms with E-state index in [1.165, 1.54) is 77.3 Å². The van der Waals surface area contributed by atoms with Crippen molar-refractivity contribution in [2.24, 2.45) is 0 Å². The Balaban J connectivity index is 0.990. The number of benzene rings is 7. The van der Waals surface area contributed by atoms with E-state index >= 15 is 0 Å². The molecule has 0 N–H and O–H groups in total. The van der Waals surface area contributed by atoms with Gasteiger partial charge in [-0.25, -0.2) is 0 Å². The Kier molecular flexibility index (Phi) is 7.03. The molecule has 53 heavy (non-hydrogen) atoms. The van der Waals surface area contributed by atoms with E-state index in [4.69, 9.17) is 0 Å². The highest BCUT2D eigenvalue weighted by Crippen LogP contribution is 2.50. The van der Waals surface area contributed by atoms with Crippen molar-refractivity contribution in [3.8, 4) is 33.6 Å². The van der Waals surface area contributed by atoms with Crippen molar-refractivity contribution in [3.63, 3.8) is 0 Å². The van der Waals surface area contributed by atoms with Gasteiger partial charge in [0.15, 0.2) is 0 Å². The highest BCUT2D eigenvalue weighted by Gasteiger charge is 2.36. The smallest absolute Gasteiger partial charge is 0.0547 e. The largest absolute Gasteiger partial charge is 0.316 e. The lowest BCUT2D eigenvalue weighted by Crippen LogP contribution is -2.15. The fourth-order valence-electron chi connectivity index (χ4n) is 8.55. The van der Waals surface area contributed by atoms with Crippen LogP contribution >= 0.6 is 0 Å². The lowest BCUT2D eigenvalue weighted by atomic mass is 9.81. The highest BCUT2D eigenvalue weighted by molar-refractivity contribution is 6.10. The molecule has 0 amide bonds. The number of fused-ring (bicyclic) bond motifs is 7. The van der Waals surface area contributed by atoms with Crippen LogP contribution in [-0.4, -0.2) is 9.13 Å². The molecule has 0 aliphatic heterocycles. The number of rotatable bonds is 6. The van der Waals surface area contributed by atoms with Crippen molar-refractivity contribution in [2.45, 2.75) is 19.3 Å². The number of nitrogens with zero attached hydrogens (tertiary/aromatic N) is 2. The van der Waals surface area contributed by atoms with Crippen LogP contribution in [0.5, 0.6) is 0 Å². The number of hydrogen-bond donors (Lipinski definition) is 0. The normalized spacial score (nSPS) is 13.2. The van der Waals surface area contributed by atoms with Gasteiger partial charge in [0.2, 0.25) is 0 Å². The number of aromatic nitrogens is 2. The zero-order valence-electron chi connectivity index (χ0n) is 29.9. The van der Waals surface area contributed by atoms with Gasteiger partial charge in [0.1, 0.15) is 0 Å². The molecule has 1 aliphatic carbocycles. The van der Waals surface area contributed by atoms with Gasteiger partial charge >= 0.3 is 0 Å². The average molecular weight is 679 g/mol. The second-order valence-electron chi connectivity index (χ2n) is 14.7. The first-order valence-electron chi connectivity index (χ1n) is 18.4. The molecule has 0 saturated heterocycles. The van der Waals surface area contributed by atoms with Crippen LogP contribution in [0.3, 0.4) is 0 Å². The second-order valence-corrected chi connectivity index (χ2v) is 14.7. The summed E-state index contributed by atoms with van der Waals surface area (Å²) in [6.45, 7) is 9.25. The quantitative estimate of drug-likeness (QED) is 0.155. The number of para-hydroxylation sites is 4. The molecule has 1 aliphatic rings. The maximum Gasteiger partial charge on any atom is 0.0547 e. The molecule has 9 aromatic rings. The van der Waals surface area contributed by atoms with E-state index in [0.29, 0.717) is 0 Å². The van der Waals surface area contributed by atoms with Crippen LogP contribution in [0.4, 0.5) is 0 Å². The van der Waals surface area contributed by atoms with E-state index in [-0.39, 0.29) is 5.41 Å². The molecule has 2 heteroatoms. The Morgan fingerprint density at radius 2 is 1.11 bits per heavy atom. The summed E-state index contributed by atoms with van der Waals surface area (Å²) in [5.74, 6) is 0. The average Bonchev–Trinajstić information content (AvgIpc) is 3.82. The van der Waals surface area contributed by atoms with Crippen LogP contribution in [0.1, 0.15) is 36.1 Å². The standard InChI is InChI=1S/C51H38N2/c1-34(22-23-38-33-52(39-14-6-4-7-15-39)48-20-12-10-18-41(38)48)35-24-27-42-43-28-25-36(31-47(43)51(2,3)46(42)30-35)37-26-29-45-44-19-11-13-21-49(44)53(50(45)32-37)40-16-8-5-9-17-40/h4-33H,1H2,2-3H3/b23-22-. The molecule has 10 rings (SSSR count). The van der Waals surface area contributed by atoms with E-state index in [0.717, 1.165) is 16.8 Å². The Bertz CT molecular complexity index is 2920. The fraction of sp³-hybridized carbons (Fsp3) is 0.0588. The molecule has 2 aromatic heterocycles. The van der Waals surface area contributed by atoms with Crippen molar-refractivity contribution < 1.29 is 0 Å². The van der Waals surface area contributed by atoms with Gasteiger partial charge in [0, 0.05) is 44.7 Å². The van der Waals surface area contributed by atoms with Gasteiger partial charge in [-0.3, -0.25) is 0 Å². The maximum absolute atomic E-state index is 4.54. The van der Waals surface area contributed by atoms with Gasteiger partial charge in [-0.1, -0.05) is 142 Å². The predicted octanol–water partition coefficient (Wildman–Crippen LogP) is 13.4. The van der Waals surface area contributed by atoms with Crippen molar-refractivity contribution in [2.75, 3.05) is 0 Å². The summed E-state index contributed by atoms with van der Waals surface area (Å²) in [6, 6.07) is 59.4. The molecule has 0 radical (unpaired) electrons. The summed E-state index contributed by atoms with van der Waals surface area (Å²) in [5.41, 5.74) is 16.9. The first kappa shape index (κ1) is 31.1. The van der Waals surface area contributed by atoms with Crippen LogP contribution in [0, 0.1) is 0 Å². The third kappa shape index (κ3) is 4.94. The summed E-state index contributed by atoms with van der Waals surface area (Å²) >= 11 is 0. The van der Waals surface area contributed by atoms with Crippen LogP contribution in [0.15, 0.2) is 183 Å². The van der Waals surface area contributed by atoms with Gasteiger partial charge in [0.05, 0.1) is 16.6 Å². The monoisotopic (exact) mass is 678 g/mol. The molecule has 2 nitrogen and oxygen atoms in total. The molecule has 0 saturated carbocycles. The summed E-state index contributed by atoms with van der Waals surface area (Å²) < 4.78 is 4.66. The second kappa shape index (κ2) is 12.0. The van der Waals surface area contributed by atoms with Crippen LogP contribution in [0.2, 0.25) is 0 Å². The molecule has 0 atom stereocenters. The molecular weight excluding hydrogens is 641 g/mol. The van der Waals surface area contributed by atoms with Gasteiger partial charge in [-0.15, -0.1) is 0 Å². The fourth-order valence-corrected chi connectivity index (χ4v) is 8.55. The van der Waals surface area contributed by atoms with Crippen molar-refractivity contribution in [1.29, 1.82) is 0 Å². The SMILES string of the molecule is C=C(/C=C\c1cn(-c2ccccc2)c2ccccc12)c1ccc2c(c1)C(C)(C)c1cc(-c3ccc4c5ccccc5n(-c5ccccc5)c4c3)ccc1-2. The number of hydrogen-bond acceptors (Lipinski definition) is 0. The van der Waals surface area contributed by atoms with E-state index in [9.17, 15) is 0 Å². The molecule has 0 unspecified atom stereocenters. The maximum atomic E-state index is 4.54. The predicted molar refractivity (Wildman–Crippen MR) is 225 cm³/mol. The van der Waals surface area contributed by atoms with Crippen LogP contribution < -0.4 is 0 Å². The van der Waals surface area contributed by atoms with Gasteiger partial charge in [0.25, 0.3) is 0 Å². The van der Waals surface area contributed by atoms with Gasteiger partial charge < -0.3 is 9.13 Å². The lowest BCUT2D eigenvalue weighted by molar-refractivity contribution is 0.660. The first-order valence-corrected chi connectivity index (χ1v) is 18.4. The Morgan fingerprint density at radius 3 is 1.89 bits per heavy atom. The summed E-state index contributed by atoms with van der Waals surface area (Å²) in [4.78, 5) is 0. The van der Waals surface area contributed by atoms with Crippen molar-refractivity contribution >= 4 is 44.4 Å². The van der Waals surface area contributed by atoms with E-state index in [1.54, 1.807) is 0 Å². The third-order valence-electron chi connectivity index (χ3n) is 11.3. The van der Waals surface area contributed by atoms with Crippen LogP contribution in [0.25, 0.3) is 78.0 Å². The molecule has 0 bridgehead atoms. The van der Waals surface area contributed by atoms with Crippen molar-refractivity contribution in [1.82, 2.24) is 9.13 Å². The van der Waals surface area contributed by atoms with Gasteiger partial charge in [-0.2, -0.15) is 0 Å². The Hall–Kier alpha value is -6.64. The van der Waals surface area contributed by atoms with E-state index in [1.807, 2.05) is 0 Å². The first-order chi connectivity index (χ1) is 26.0. The van der Waals surface area contributed by atoms with Crippen molar-refractivity contribution in [3.05, 3.63) is 205 Å². The molecular formula is C51H38N2. The van der Waals surface area contributed by atoms with E-state index in [2.05, 4.69) is 212 Å². The summed E-state index contributed by atoms with van der Waals surface area (Å²) in [5, 5.41) is 3.77. The van der Waals surface area contributed by atoms with E-state index < -0.39 is 0 Å². The molecule has 252 valence electrons. The Labute approximate surface area is 310 Å². The molecule has 7 aromatic carbocycles. The topological polar surface area (TPSA) is 9.86 Å². The minimum Gasteiger partial charge on any atom is -0.316 e. The third-order valence-corrected chi connectivity index (χ3v) is 11.3. The zero-order valence-corrected chi connectivity index (χ0v) is 29.9. The zero-order chi connectivity index (χ0) is 35.7. The van der Waals surface area contributed by atoms with Crippen LogP contribution in [-0.2, 0) is 5.41 Å². The lowest BCUT2D eigenvalue weighted by Gasteiger charge is -2.22. The summed E-state index contributed by atoms with van der Waals surface area (Å²) in [7, 11) is 0. The summed E-state index contributed by atoms with van der Waals surface area (Å²) in [6.07, 6.45) is 6.59. The highest BCUT2D eigenvalue weighted by atomic mass is 15.0. The minimum atomic E-state index is -0.160. The minimum absolute atomic E-state index is 0.160. The van der Waals surface area contributed by atoms with Gasteiger partial charge in [-0.05, 0) is 99.1 Å². The molecule has 2 heterocycles. The molecule has 0 spiro atoms.